The molecule has 9 atom stereocenters. The van der Waals surface area contributed by atoms with Gasteiger partial charge in [0.05, 0.1) is 17.8 Å². The number of hydrogen-bond donors (Lipinski definition) is 1. The molecule has 1 aliphatic carbocycles. The number of cyclic esters (lactones) is 1. The van der Waals surface area contributed by atoms with Crippen molar-refractivity contribution in [2.24, 2.45) is 29.1 Å². The van der Waals surface area contributed by atoms with E-state index in [0.717, 1.165) is 38.4 Å². The van der Waals surface area contributed by atoms with Crippen LogP contribution in [-0.2, 0) is 28.5 Å². The molecule has 0 spiro atoms. The number of aliphatic hydroxyl groups excluding tert-OH is 1. The van der Waals surface area contributed by atoms with Gasteiger partial charge in [0.1, 0.15) is 18.1 Å². The Morgan fingerprint density at radius 3 is 2.26 bits per heavy atom. The number of ether oxygens (including phenoxy) is 4. The summed E-state index contributed by atoms with van der Waals surface area (Å²) in [5.74, 6) is -0.0615. The fraction of sp³-hybridized carbons (Fsp3) is 0.944. The SMILES string of the molecule is CO[C@]1(C)C[C@@H](C)CN(C)C(C2CCN(CC3CCC3)CC2)COC(=O)C(C)(C)C(=O)[C@H](C)[C@H]1O[C@@H]1O[C@H](C)C[C@H](N(C)C)[C@H]1O. The highest BCUT2D eigenvalue weighted by atomic mass is 16.7. The summed E-state index contributed by atoms with van der Waals surface area (Å²) in [5.41, 5.74) is -2.29. The van der Waals surface area contributed by atoms with Crippen molar-refractivity contribution in [1.29, 1.82) is 0 Å². The van der Waals surface area contributed by atoms with Gasteiger partial charge in [-0.1, -0.05) is 20.3 Å². The summed E-state index contributed by atoms with van der Waals surface area (Å²) >= 11 is 0. The van der Waals surface area contributed by atoms with Crippen LogP contribution in [0.25, 0.3) is 0 Å². The van der Waals surface area contributed by atoms with E-state index >= 15 is 0 Å². The number of Topliss-reactive ketones (excluding diaryl/α,β-unsaturated/α-hetero) is 1. The van der Waals surface area contributed by atoms with Gasteiger partial charge in [0.25, 0.3) is 0 Å². The van der Waals surface area contributed by atoms with E-state index in [1.165, 1.54) is 25.8 Å². The van der Waals surface area contributed by atoms with E-state index in [1.807, 2.05) is 32.8 Å². The van der Waals surface area contributed by atoms with Crippen LogP contribution in [0.5, 0.6) is 0 Å². The zero-order valence-corrected chi connectivity index (χ0v) is 30.5. The van der Waals surface area contributed by atoms with Gasteiger partial charge in [-0.15, -0.1) is 0 Å². The minimum atomic E-state index is -1.39. The second kappa shape index (κ2) is 15.6. The van der Waals surface area contributed by atoms with Crippen molar-refractivity contribution in [2.45, 2.75) is 129 Å². The summed E-state index contributed by atoms with van der Waals surface area (Å²) in [4.78, 5) is 35.0. The molecule has 0 amide bonds. The van der Waals surface area contributed by atoms with Crippen molar-refractivity contribution in [3.05, 3.63) is 0 Å². The van der Waals surface area contributed by atoms with Gasteiger partial charge >= 0.3 is 5.97 Å². The molecule has 46 heavy (non-hydrogen) atoms. The van der Waals surface area contributed by atoms with Gasteiger partial charge in [0, 0.05) is 38.2 Å². The second-order valence-corrected chi connectivity index (χ2v) is 16.3. The molecule has 1 unspecified atom stereocenters. The van der Waals surface area contributed by atoms with Crippen molar-refractivity contribution in [1.82, 2.24) is 14.7 Å². The van der Waals surface area contributed by atoms with Crippen LogP contribution in [0.2, 0.25) is 0 Å². The average Bonchev–Trinajstić information content (AvgIpc) is 2.98. The van der Waals surface area contributed by atoms with E-state index in [9.17, 15) is 14.7 Å². The molecule has 4 aliphatic rings. The quantitative estimate of drug-likeness (QED) is 0.323. The summed E-state index contributed by atoms with van der Waals surface area (Å²) in [7, 11) is 7.67. The number of nitrogens with zero attached hydrogens (tertiary/aromatic N) is 3. The Hall–Kier alpha value is -1.14. The highest BCUT2D eigenvalue weighted by Gasteiger charge is 2.51. The molecular formula is C36H65N3O7. The first kappa shape index (κ1) is 37.7. The number of likely N-dealkylation sites (N-methyl/N-ethyl adjacent to an activating group) is 2. The van der Waals surface area contributed by atoms with Gasteiger partial charge in [0.15, 0.2) is 12.1 Å². The first-order valence-electron chi connectivity index (χ1n) is 17.9. The van der Waals surface area contributed by atoms with Gasteiger partial charge in [-0.3, -0.25) is 14.5 Å². The molecule has 4 fully saturated rings. The number of ketones is 1. The maximum atomic E-state index is 14.3. The molecule has 10 heteroatoms. The van der Waals surface area contributed by atoms with Crippen LogP contribution < -0.4 is 0 Å². The van der Waals surface area contributed by atoms with E-state index in [-0.39, 0.29) is 36.5 Å². The third-order valence-corrected chi connectivity index (χ3v) is 11.8. The van der Waals surface area contributed by atoms with E-state index in [4.69, 9.17) is 18.9 Å². The Kier molecular flexibility index (Phi) is 12.8. The zero-order valence-electron chi connectivity index (χ0n) is 30.5. The van der Waals surface area contributed by atoms with Crippen LogP contribution in [0.3, 0.4) is 0 Å². The van der Waals surface area contributed by atoms with Crippen LogP contribution in [0.15, 0.2) is 0 Å². The standard InChI is InChI=1S/C36H65N3O7/c1-23-19-36(6,43-10)32(46-33-30(40)28(37(7)8)18-24(2)45-33)25(3)31(41)35(4,5)34(42)44-22-29(38(9)20-23)27-14-16-39(17-15-27)21-26-12-11-13-26/h23-30,32-33,40H,11-22H2,1-10H3/t23-,24-,25+,28+,29?,30-,32-,33+,36-/m1/s1. The molecule has 0 aromatic heterocycles. The first-order valence-corrected chi connectivity index (χ1v) is 17.9. The van der Waals surface area contributed by atoms with Crippen molar-refractivity contribution in [3.8, 4) is 0 Å². The Balaban J connectivity index is 1.59. The lowest BCUT2D eigenvalue weighted by Crippen LogP contribution is -2.59. The smallest absolute Gasteiger partial charge is 0.319 e. The fourth-order valence-corrected chi connectivity index (χ4v) is 8.62. The van der Waals surface area contributed by atoms with E-state index in [1.54, 1.807) is 27.9 Å². The molecular weight excluding hydrogens is 586 g/mol. The normalized spacial score (nSPS) is 40.1. The molecule has 3 heterocycles. The number of methoxy groups -OCH3 is 1. The number of hydrogen-bond acceptors (Lipinski definition) is 10. The lowest BCUT2D eigenvalue weighted by Gasteiger charge is -2.47. The molecule has 10 nitrogen and oxygen atoms in total. The third-order valence-electron chi connectivity index (χ3n) is 11.8. The minimum Gasteiger partial charge on any atom is -0.463 e. The first-order chi connectivity index (χ1) is 21.6. The maximum Gasteiger partial charge on any atom is 0.319 e. The number of aliphatic hydroxyl groups is 1. The summed E-state index contributed by atoms with van der Waals surface area (Å²) in [5, 5.41) is 11.3. The predicted octanol–water partition coefficient (Wildman–Crippen LogP) is 3.83. The van der Waals surface area contributed by atoms with Crippen LogP contribution in [0.4, 0.5) is 0 Å². The van der Waals surface area contributed by atoms with Crippen molar-refractivity contribution >= 4 is 11.8 Å². The zero-order chi connectivity index (χ0) is 34.0. The molecule has 1 saturated carbocycles. The topological polar surface area (TPSA) is 101 Å². The van der Waals surface area contributed by atoms with Crippen LogP contribution in [0.1, 0.15) is 86.5 Å². The molecule has 0 aromatic rings. The largest absolute Gasteiger partial charge is 0.463 e. The Bertz CT molecular complexity index is 1010. The van der Waals surface area contributed by atoms with Crippen molar-refractivity contribution in [3.63, 3.8) is 0 Å². The highest BCUT2D eigenvalue weighted by molar-refractivity contribution is 6.04. The number of esters is 1. The second-order valence-electron chi connectivity index (χ2n) is 16.3. The predicted molar refractivity (Wildman–Crippen MR) is 178 cm³/mol. The number of piperidine rings is 1. The summed E-state index contributed by atoms with van der Waals surface area (Å²) < 4.78 is 25.2. The number of carbonyl (C=O) groups is 2. The monoisotopic (exact) mass is 651 g/mol. The van der Waals surface area contributed by atoms with Gasteiger partial charge in [-0.2, -0.15) is 0 Å². The lowest BCUT2D eigenvalue weighted by molar-refractivity contribution is -0.295. The summed E-state index contributed by atoms with van der Waals surface area (Å²) in [6.45, 7) is 15.7. The van der Waals surface area contributed by atoms with Crippen LogP contribution in [-0.4, -0.2) is 135 Å². The molecule has 1 N–H and O–H groups in total. The number of carbonyl (C=O) groups excluding carboxylic acids is 2. The summed E-state index contributed by atoms with van der Waals surface area (Å²) in [6.07, 6.45) is 4.75. The fourth-order valence-electron chi connectivity index (χ4n) is 8.62. The molecule has 0 bridgehead atoms. The lowest BCUT2D eigenvalue weighted by atomic mass is 9.74. The van der Waals surface area contributed by atoms with Crippen LogP contribution >= 0.6 is 0 Å². The third kappa shape index (κ3) is 8.52. The molecule has 4 rings (SSSR count). The van der Waals surface area contributed by atoms with Crippen LogP contribution in [0, 0.1) is 29.1 Å². The number of rotatable bonds is 7. The van der Waals surface area contributed by atoms with Gasteiger partial charge in [-0.05, 0) is 118 Å². The molecule has 3 saturated heterocycles. The Morgan fingerprint density at radius 2 is 1.70 bits per heavy atom. The van der Waals surface area contributed by atoms with Crippen molar-refractivity contribution in [2.75, 3.05) is 61.0 Å². The highest BCUT2D eigenvalue weighted by Crippen LogP contribution is 2.39. The van der Waals surface area contributed by atoms with Gasteiger partial charge < -0.3 is 33.9 Å². The minimum absolute atomic E-state index is 0.0671. The Morgan fingerprint density at radius 1 is 1.04 bits per heavy atom. The van der Waals surface area contributed by atoms with E-state index < -0.39 is 41.4 Å². The summed E-state index contributed by atoms with van der Waals surface area (Å²) in [6, 6.07) is -0.0956. The molecule has 0 aromatic carbocycles. The van der Waals surface area contributed by atoms with E-state index in [0.29, 0.717) is 18.8 Å². The van der Waals surface area contributed by atoms with E-state index in [2.05, 4.69) is 23.8 Å². The van der Waals surface area contributed by atoms with Crippen molar-refractivity contribution < 1.29 is 33.6 Å². The average molecular weight is 652 g/mol. The van der Waals surface area contributed by atoms with Gasteiger partial charge in [-0.25, -0.2) is 0 Å². The molecule has 266 valence electrons. The Labute approximate surface area is 278 Å². The van der Waals surface area contributed by atoms with Gasteiger partial charge in [0.2, 0.25) is 0 Å². The maximum absolute atomic E-state index is 14.3. The number of likely N-dealkylation sites (tertiary alicyclic amines) is 1. The molecule has 3 aliphatic heterocycles. The molecule has 0 radical (unpaired) electrons.